The van der Waals surface area contributed by atoms with Crippen molar-refractivity contribution in [2.45, 2.75) is 11.3 Å². The predicted molar refractivity (Wildman–Crippen MR) is 72.4 cm³/mol. The molecule has 1 heterocycles. The summed E-state index contributed by atoms with van der Waals surface area (Å²) in [7, 11) is -4.43. The van der Waals surface area contributed by atoms with Crippen molar-refractivity contribution in [3.8, 4) is 5.75 Å². The van der Waals surface area contributed by atoms with Crippen LogP contribution in [-0.2, 0) is 14.9 Å². The smallest absolute Gasteiger partial charge is 0.294 e. The molecule has 1 aromatic carbocycles. The third-order valence-electron chi connectivity index (χ3n) is 3.14. The summed E-state index contributed by atoms with van der Waals surface area (Å²) < 4.78 is 31.2. The number of rotatable bonds is 4. The van der Waals surface area contributed by atoms with E-state index in [9.17, 15) is 18.3 Å². The lowest BCUT2D eigenvalue weighted by Gasteiger charge is -2.18. The van der Waals surface area contributed by atoms with Crippen molar-refractivity contribution in [3.05, 3.63) is 28.6 Å². The lowest BCUT2D eigenvalue weighted by atomic mass is 10.1. The predicted octanol–water partition coefficient (Wildman–Crippen LogP) is 1.30. The molecule has 1 aliphatic heterocycles. The second kappa shape index (κ2) is 5.60. The van der Waals surface area contributed by atoms with Gasteiger partial charge in [-0.3, -0.25) is 9.35 Å². The van der Waals surface area contributed by atoms with E-state index >= 15 is 0 Å². The van der Waals surface area contributed by atoms with Crippen LogP contribution in [-0.4, -0.2) is 37.1 Å². The number of carbonyl (C=O) groups excluding carboxylic acids is 1. The number of benzene rings is 1. The van der Waals surface area contributed by atoms with Gasteiger partial charge >= 0.3 is 0 Å². The Morgan fingerprint density at radius 1 is 1.48 bits per heavy atom. The van der Waals surface area contributed by atoms with Gasteiger partial charge in [0.1, 0.15) is 5.75 Å². The number of phenols is 1. The molecule has 1 unspecified atom stereocenters. The monoisotopic (exact) mass is 312 g/mol. The zero-order valence-corrected chi connectivity index (χ0v) is 11.6. The van der Waals surface area contributed by atoms with Gasteiger partial charge in [0, 0.05) is 24.4 Å². The largest absolute Gasteiger partial charge is 0.506 e. The molecule has 1 atom stereocenters. The topological polar surface area (TPSA) is 144 Å². The van der Waals surface area contributed by atoms with Crippen LogP contribution in [0, 0.1) is 5.92 Å². The summed E-state index contributed by atoms with van der Waals surface area (Å²) in [5.74, 6) is -0.807. The summed E-state index contributed by atoms with van der Waals surface area (Å²) in [5, 5.41) is 13.2. The average molecular weight is 312 g/mol. The van der Waals surface area contributed by atoms with Crippen LogP contribution < -0.4 is 4.90 Å². The number of hydrogen-bond acceptors (Lipinski definition) is 5. The van der Waals surface area contributed by atoms with Crippen LogP contribution in [0.15, 0.2) is 28.2 Å². The summed E-state index contributed by atoms with van der Waals surface area (Å²) in [6, 6.07) is 3.15. The Morgan fingerprint density at radius 3 is 2.81 bits per heavy atom. The van der Waals surface area contributed by atoms with E-state index in [1.165, 1.54) is 4.90 Å². The number of azide groups is 1. The molecule has 112 valence electrons. The number of hydrogen-bond donors (Lipinski definition) is 2. The highest BCUT2D eigenvalue weighted by atomic mass is 32.2. The maximum atomic E-state index is 11.9. The van der Waals surface area contributed by atoms with Gasteiger partial charge < -0.3 is 10.0 Å². The summed E-state index contributed by atoms with van der Waals surface area (Å²) >= 11 is 0. The molecule has 21 heavy (non-hydrogen) atoms. The van der Waals surface area contributed by atoms with Gasteiger partial charge in [-0.2, -0.15) is 8.42 Å². The molecule has 0 radical (unpaired) electrons. The van der Waals surface area contributed by atoms with Crippen molar-refractivity contribution in [2.24, 2.45) is 11.0 Å². The third kappa shape index (κ3) is 3.24. The summed E-state index contributed by atoms with van der Waals surface area (Å²) in [6.45, 7) is 0.331. The minimum absolute atomic E-state index is 0.00133. The third-order valence-corrected chi connectivity index (χ3v) is 3.99. The van der Waals surface area contributed by atoms with E-state index in [4.69, 9.17) is 10.1 Å². The maximum absolute atomic E-state index is 11.9. The molecule has 0 aromatic heterocycles. The molecule has 0 aliphatic carbocycles. The molecule has 1 amide bonds. The van der Waals surface area contributed by atoms with E-state index in [1.807, 2.05) is 0 Å². The van der Waals surface area contributed by atoms with E-state index in [-0.39, 0.29) is 42.8 Å². The highest BCUT2D eigenvalue weighted by Crippen LogP contribution is 2.34. The Balaban J connectivity index is 2.33. The van der Waals surface area contributed by atoms with E-state index in [2.05, 4.69) is 10.0 Å². The van der Waals surface area contributed by atoms with E-state index < -0.39 is 15.0 Å². The van der Waals surface area contributed by atoms with Crippen molar-refractivity contribution < 1.29 is 22.9 Å². The molecule has 0 spiro atoms. The fourth-order valence-corrected chi connectivity index (χ4v) is 2.67. The molecule has 1 fully saturated rings. The Bertz CT molecular complexity index is 726. The van der Waals surface area contributed by atoms with Crippen LogP contribution in [0.3, 0.4) is 0 Å². The SMILES string of the molecule is [N-]=[N+]=NCC1CC(=O)N(c2cc(S(=O)(=O)O)ccc2O)C1. The van der Waals surface area contributed by atoms with Gasteiger partial charge in [0.05, 0.1) is 10.6 Å². The van der Waals surface area contributed by atoms with Crippen LogP contribution in [0.4, 0.5) is 5.69 Å². The fraction of sp³-hybridized carbons (Fsp3) is 0.364. The minimum atomic E-state index is -4.43. The number of nitrogens with zero attached hydrogens (tertiary/aromatic N) is 4. The van der Waals surface area contributed by atoms with Crippen molar-refractivity contribution in [2.75, 3.05) is 18.0 Å². The lowest BCUT2D eigenvalue weighted by molar-refractivity contribution is -0.117. The quantitative estimate of drug-likeness (QED) is 0.372. The Morgan fingerprint density at radius 2 is 2.19 bits per heavy atom. The van der Waals surface area contributed by atoms with E-state index in [0.717, 1.165) is 18.2 Å². The second-order valence-corrected chi connectivity index (χ2v) is 6.04. The number of amides is 1. The van der Waals surface area contributed by atoms with Crippen molar-refractivity contribution in [1.82, 2.24) is 0 Å². The summed E-state index contributed by atoms with van der Waals surface area (Å²) in [5.41, 5.74) is 8.27. The molecule has 0 bridgehead atoms. The van der Waals surface area contributed by atoms with Gasteiger partial charge in [-0.15, -0.1) is 0 Å². The number of carbonyl (C=O) groups is 1. The number of aromatic hydroxyl groups is 1. The van der Waals surface area contributed by atoms with Crippen LogP contribution >= 0.6 is 0 Å². The normalized spacial score (nSPS) is 18.6. The van der Waals surface area contributed by atoms with Gasteiger partial charge in [-0.1, -0.05) is 5.11 Å². The van der Waals surface area contributed by atoms with E-state index in [0.29, 0.717) is 0 Å². The Labute approximate surface area is 120 Å². The van der Waals surface area contributed by atoms with Crippen molar-refractivity contribution >= 4 is 21.7 Å². The van der Waals surface area contributed by atoms with Crippen molar-refractivity contribution in [3.63, 3.8) is 0 Å². The van der Waals surface area contributed by atoms with Crippen LogP contribution in [0.25, 0.3) is 10.4 Å². The van der Waals surface area contributed by atoms with Crippen LogP contribution in [0.2, 0.25) is 0 Å². The van der Waals surface area contributed by atoms with Crippen molar-refractivity contribution in [1.29, 1.82) is 0 Å². The van der Waals surface area contributed by atoms with Gasteiger partial charge in [-0.25, -0.2) is 0 Å². The van der Waals surface area contributed by atoms with Gasteiger partial charge in [-0.05, 0) is 29.6 Å². The first-order valence-corrected chi connectivity index (χ1v) is 7.38. The highest BCUT2D eigenvalue weighted by Gasteiger charge is 2.32. The maximum Gasteiger partial charge on any atom is 0.294 e. The highest BCUT2D eigenvalue weighted by molar-refractivity contribution is 7.85. The zero-order valence-electron chi connectivity index (χ0n) is 10.7. The molecular formula is C11H12N4O5S. The summed E-state index contributed by atoms with van der Waals surface area (Å²) in [4.78, 5) is 15.3. The molecule has 0 saturated carbocycles. The number of phenolic OH excluding ortho intramolecular Hbond substituents is 1. The average Bonchev–Trinajstić information content (AvgIpc) is 2.76. The molecule has 1 aliphatic rings. The van der Waals surface area contributed by atoms with Crippen LogP contribution in [0.5, 0.6) is 5.75 Å². The molecule has 9 nitrogen and oxygen atoms in total. The standard InChI is InChI=1S/C11H12N4O5S/c12-14-13-5-7-3-11(17)15(6-7)9-4-8(21(18,19)20)1-2-10(9)16/h1-2,4,7,16H,3,5-6H2,(H,18,19,20). The van der Waals surface area contributed by atoms with E-state index in [1.54, 1.807) is 0 Å². The second-order valence-electron chi connectivity index (χ2n) is 4.61. The van der Waals surface area contributed by atoms with Crippen LogP contribution in [0.1, 0.15) is 6.42 Å². The van der Waals surface area contributed by atoms with Gasteiger partial charge in [0.25, 0.3) is 10.1 Å². The Hall–Kier alpha value is -2.29. The Kier molecular flexibility index (Phi) is 4.03. The molecular weight excluding hydrogens is 300 g/mol. The van der Waals surface area contributed by atoms with Gasteiger partial charge in [0.2, 0.25) is 5.91 Å². The first-order chi connectivity index (χ1) is 9.82. The van der Waals surface area contributed by atoms with Gasteiger partial charge in [0.15, 0.2) is 0 Å². The first-order valence-electron chi connectivity index (χ1n) is 5.94. The molecule has 2 N–H and O–H groups in total. The fourth-order valence-electron chi connectivity index (χ4n) is 2.17. The summed E-state index contributed by atoms with van der Waals surface area (Å²) in [6.07, 6.45) is 0.133. The molecule has 1 aromatic rings. The molecule has 1 saturated heterocycles. The molecule has 10 heteroatoms. The first kappa shape index (κ1) is 15.1. The zero-order chi connectivity index (χ0) is 15.6. The molecule has 2 rings (SSSR count). The minimum Gasteiger partial charge on any atom is -0.506 e. The lowest BCUT2D eigenvalue weighted by Crippen LogP contribution is -2.25. The number of anilines is 1.